The standard InChI is InChI=1S/C24H39N3O4/c1-15(2)27(21(29)17(4)25-22(30)31-24(8,9)10)19(20(28)26-23(5,6)7)18-14-12-11-13-16(18)3/h11-15,17,19H,1-10H3,(H,25,30)(H,26,28). The molecule has 0 aliphatic rings. The van der Waals surface area contributed by atoms with E-state index in [4.69, 9.17) is 4.74 Å². The first-order chi connectivity index (χ1) is 14.0. The number of amides is 3. The minimum absolute atomic E-state index is 0.270. The lowest BCUT2D eigenvalue weighted by Crippen LogP contribution is -2.55. The van der Waals surface area contributed by atoms with Crippen LogP contribution in [0.3, 0.4) is 0 Å². The van der Waals surface area contributed by atoms with Gasteiger partial charge >= 0.3 is 6.09 Å². The Morgan fingerprint density at radius 2 is 1.52 bits per heavy atom. The molecule has 31 heavy (non-hydrogen) atoms. The number of nitrogens with one attached hydrogen (secondary N) is 2. The van der Waals surface area contributed by atoms with Crippen molar-refractivity contribution in [2.45, 2.75) is 98.5 Å². The minimum Gasteiger partial charge on any atom is -0.444 e. The van der Waals surface area contributed by atoms with Crippen molar-refractivity contribution in [2.75, 3.05) is 0 Å². The van der Waals surface area contributed by atoms with E-state index in [1.165, 1.54) is 4.90 Å². The molecule has 0 saturated heterocycles. The van der Waals surface area contributed by atoms with Gasteiger partial charge in [-0.05, 0) is 80.4 Å². The Balaban J connectivity index is 3.33. The van der Waals surface area contributed by atoms with Crippen molar-refractivity contribution >= 4 is 17.9 Å². The summed E-state index contributed by atoms with van der Waals surface area (Å²) in [6.45, 7) is 18.2. The summed E-state index contributed by atoms with van der Waals surface area (Å²) in [5.41, 5.74) is 0.504. The molecule has 2 N–H and O–H groups in total. The lowest BCUT2D eigenvalue weighted by Gasteiger charge is -2.38. The molecule has 1 rings (SSSR count). The maximum absolute atomic E-state index is 13.5. The first kappa shape index (κ1) is 26.5. The summed E-state index contributed by atoms with van der Waals surface area (Å²) in [5.74, 6) is -0.633. The molecule has 2 unspecified atom stereocenters. The number of aryl methyl sites for hydroxylation is 1. The Kier molecular flexibility index (Phi) is 8.67. The van der Waals surface area contributed by atoms with Crippen LogP contribution in [-0.2, 0) is 14.3 Å². The average Bonchev–Trinajstić information content (AvgIpc) is 2.56. The van der Waals surface area contributed by atoms with Gasteiger partial charge in [0.25, 0.3) is 0 Å². The van der Waals surface area contributed by atoms with Gasteiger partial charge in [-0.15, -0.1) is 0 Å². The third kappa shape index (κ3) is 8.23. The van der Waals surface area contributed by atoms with E-state index < -0.39 is 29.3 Å². The second kappa shape index (κ2) is 10.2. The number of alkyl carbamates (subject to hydrolysis) is 1. The summed E-state index contributed by atoms with van der Waals surface area (Å²) in [7, 11) is 0. The zero-order valence-corrected chi connectivity index (χ0v) is 20.6. The Morgan fingerprint density at radius 3 is 1.97 bits per heavy atom. The van der Waals surface area contributed by atoms with Crippen LogP contribution >= 0.6 is 0 Å². The molecule has 0 heterocycles. The summed E-state index contributed by atoms with van der Waals surface area (Å²) >= 11 is 0. The molecular weight excluding hydrogens is 394 g/mol. The molecule has 0 saturated carbocycles. The topological polar surface area (TPSA) is 87.7 Å². The molecule has 0 spiro atoms. The number of hydrogen-bond donors (Lipinski definition) is 2. The maximum atomic E-state index is 13.5. The molecule has 7 heteroatoms. The highest BCUT2D eigenvalue weighted by atomic mass is 16.6. The van der Waals surface area contributed by atoms with Gasteiger partial charge in [-0.2, -0.15) is 0 Å². The van der Waals surface area contributed by atoms with Crippen molar-refractivity contribution < 1.29 is 19.1 Å². The quantitative estimate of drug-likeness (QED) is 0.707. The molecule has 2 atom stereocenters. The van der Waals surface area contributed by atoms with Gasteiger partial charge in [0.2, 0.25) is 11.8 Å². The molecule has 174 valence electrons. The third-order valence-corrected chi connectivity index (χ3v) is 4.42. The number of rotatable bonds is 6. The smallest absolute Gasteiger partial charge is 0.408 e. The van der Waals surface area contributed by atoms with E-state index in [0.717, 1.165) is 11.1 Å². The Labute approximate surface area is 186 Å². The Hall–Kier alpha value is -2.57. The van der Waals surface area contributed by atoms with Gasteiger partial charge in [-0.3, -0.25) is 9.59 Å². The van der Waals surface area contributed by atoms with Gasteiger partial charge in [0.1, 0.15) is 17.7 Å². The van der Waals surface area contributed by atoms with Crippen LogP contribution in [0.1, 0.15) is 79.5 Å². The maximum Gasteiger partial charge on any atom is 0.408 e. The molecule has 0 bridgehead atoms. The Morgan fingerprint density at radius 1 is 0.968 bits per heavy atom. The van der Waals surface area contributed by atoms with Crippen molar-refractivity contribution in [1.82, 2.24) is 15.5 Å². The fourth-order valence-electron chi connectivity index (χ4n) is 3.20. The highest BCUT2D eigenvalue weighted by molar-refractivity contribution is 5.92. The van der Waals surface area contributed by atoms with Crippen LogP contribution in [0.15, 0.2) is 24.3 Å². The van der Waals surface area contributed by atoms with Crippen LogP contribution in [0.25, 0.3) is 0 Å². The molecular formula is C24H39N3O4. The van der Waals surface area contributed by atoms with E-state index in [0.29, 0.717) is 0 Å². The summed E-state index contributed by atoms with van der Waals surface area (Å²) < 4.78 is 5.28. The van der Waals surface area contributed by atoms with Crippen molar-refractivity contribution in [3.05, 3.63) is 35.4 Å². The van der Waals surface area contributed by atoms with Gasteiger partial charge in [0.15, 0.2) is 0 Å². The van der Waals surface area contributed by atoms with E-state index in [1.54, 1.807) is 27.7 Å². The summed E-state index contributed by atoms with van der Waals surface area (Å²) in [4.78, 5) is 40.6. The highest BCUT2D eigenvalue weighted by Crippen LogP contribution is 2.28. The number of carbonyl (C=O) groups excluding carboxylic acids is 3. The van der Waals surface area contributed by atoms with Crippen LogP contribution in [0.4, 0.5) is 4.79 Å². The molecule has 0 fully saturated rings. The van der Waals surface area contributed by atoms with Crippen LogP contribution < -0.4 is 10.6 Å². The molecule has 7 nitrogen and oxygen atoms in total. The predicted octanol–water partition coefficient (Wildman–Crippen LogP) is 4.10. The monoisotopic (exact) mass is 433 g/mol. The lowest BCUT2D eigenvalue weighted by molar-refractivity contribution is -0.144. The van der Waals surface area contributed by atoms with Crippen molar-refractivity contribution in [3.8, 4) is 0 Å². The van der Waals surface area contributed by atoms with Crippen LogP contribution in [0.5, 0.6) is 0 Å². The lowest BCUT2D eigenvalue weighted by atomic mass is 9.96. The average molecular weight is 434 g/mol. The number of ether oxygens (including phenoxy) is 1. The van der Waals surface area contributed by atoms with Gasteiger partial charge in [-0.25, -0.2) is 4.79 Å². The number of nitrogens with zero attached hydrogens (tertiary/aromatic N) is 1. The SMILES string of the molecule is Cc1ccccc1C(C(=O)NC(C)(C)C)N(C(=O)C(C)NC(=O)OC(C)(C)C)C(C)C. The van der Waals surface area contributed by atoms with E-state index in [1.807, 2.05) is 65.8 Å². The van der Waals surface area contributed by atoms with Crippen LogP contribution in [0, 0.1) is 6.92 Å². The second-order valence-corrected chi connectivity index (χ2v) is 10.2. The van der Waals surface area contributed by atoms with Crippen molar-refractivity contribution in [1.29, 1.82) is 0 Å². The van der Waals surface area contributed by atoms with Gasteiger partial charge in [0, 0.05) is 11.6 Å². The second-order valence-electron chi connectivity index (χ2n) is 10.2. The molecule has 3 amide bonds. The largest absolute Gasteiger partial charge is 0.444 e. The summed E-state index contributed by atoms with van der Waals surface area (Å²) in [6, 6.07) is 5.53. The highest BCUT2D eigenvalue weighted by Gasteiger charge is 2.37. The number of benzene rings is 1. The van der Waals surface area contributed by atoms with Gasteiger partial charge in [0.05, 0.1) is 0 Å². The minimum atomic E-state index is -0.869. The van der Waals surface area contributed by atoms with Crippen molar-refractivity contribution in [2.24, 2.45) is 0 Å². The predicted molar refractivity (Wildman–Crippen MR) is 123 cm³/mol. The number of hydrogen-bond acceptors (Lipinski definition) is 4. The molecule has 1 aromatic rings. The normalized spacial score (nSPS) is 13.9. The molecule has 0 radical (unpaired) electrons. The van der Waals surface area contributed by atoms with E-state index in [9.17, 15) is 14.4 Å². The van der Waals surface area contributed by atoms with E-state index >= 15 is 0 Å². The van der Waals surface area contributed by atoms with Crippen molar-refractivity contribution in [3.63, 3.8) is 0 Å². The van der Waals surface area contributed by atoms with E-state index in [-0.39, 0.29) is 17.9 Å². The van der Waals surface area contributed by atoms with E-state index in [2.05, 4.69) is 10.6 Å². The van der Waals surface area contributed by atoms with Crippen LogP contribution in [-0.4, -0.2) is 46.0 Å². The van der Waals surface area contributed by atoms with Gasteiger partial charge < -0.3 is 20.3 Å². The fraction of sp³-hybridized carbons (Fsp3) is 0.625. The molecule has 0 aliphatic carbocycles. The summed E-state index contributed by atoms with van der Waals surface area (Å²) in [5, 5.41) is 5.60. The fourth-order valence-corrected chi connectivity index (χ4v) is 3.20. The summed E-state index contributed by atoms with van der Waals surface area (Å²) in [6.07, 6.45) is -0.677. The van der Waals surface area contributed by atoms with Gasteiger partial charge in [-0.1, -0.05) is 24.3 Å². The van der Waals surface area contributed by atoms with Crippen LogP contribution in [0.2, 0.25) is 0 Å². The third-order valence-electron chi connectivity index (χ3n) is 4.42. The first-order valence-corrected chi connectivity index (χ1v) is 10.7. The molecule has 0 aromatic heterocycles. The number of carbonyl (C=O) groups is 3. The zero-order chi connectivity index (χ0) is 24.1. The Bertz CT molecular complexity index is 791. The first-order valence-electron chi connectivity index (χ1n) is 10.7. The molecule has 1 aromatic carbocycles. The zero-order valence-electron chi connectivity index (χ0n) is 20.6. The molecule has 0 aliphatic heterocycles.